The van der Waals surface area contributed by atoms with Crippen LogP contribution in [0.5, 0.6) is 5.75 Å². The highest BCUT2D eigenvalue weighted by Gasteiger charge is 2.40. The molecule has 0 saturated heterocycles. The number of carbonyl (C=O) groups excluding carboxylic acids is 1. The molecule has 1 N–H and O–H groups in total. The Hall–Kier alpha value is -1.58. The first-order chi connectivity index (χ1) is 10.2. The zero-order chi connectivity index (χ0) is 14.8. The number of ether oxygens (including phenoxy) is 1. The molecule has 2 aliphatic rings. The lowest BCUT2D eigenvalue weighted by molar-refractivity contribution is -0.129. The molecular formula is C17H22FNO2. The Morgan fingerprint density at radius 2 is 2.10 bits per heavy atom. The zero-order valence-electron chi connectivity index (χ0n) is 12.3. The number of rotatable bonds is 5. The van der Waals surface area contributed by atoms with E-state index in [1.165, 1.54) is 31.4 Å². The highest BCUT2D eigenvalue weighted by Crippen LogP contribution is 2.44. The second kappa shape index (κ2) is 6.04. The predicted molar refractivity (Wildman–Crippen MR) is 78.5 cm³/mol. The fourth-order valence-electron chi connectivity index (χ4n) is 3.70. The minimum Gasteiger partial charge on any atom is -0.481 e. The quantitative estimate of drug-likeness (QED) is 0.904. The second-order valence-electron chi connectivity index (χ2n) is 6.26. The predicted octanol–water partition coefficient (Wildman–Crippen LogP) is 3.29. The molecule has 3 rings (SSSR count). The van der Waals surface area contributed by atoms with Crippen molar-refractivity contribution < 1.29 is 13.9 Å². The number of amides is 1. The molecule has 114 valence electrons. The van der Waals surface area contributed by atoms with Crippen LogP contribution in [-0.2, 0) is 4.79 Å². The van der Waals surface area contributed by atoms with Crippen LogP contribution < -0.4 is 10.1 Å². The van der Waals surface area contributed by atoms with E-state index >= 15 is 0 Å². The third kappa shape index (κ3) is 3.20. The molecule has 1 aromatic rings. The van der Waals surface area contributed by atoms with E-state index in [0.717, 1.165) is 12.3 Å². The molecule has 0 unspecified atom stereocenters. The lowest BCUT2D eigenvalue weighted by Gasteiger charge is -2.25. The third-order valence-corrected chi connectivity index (χ3v) is 4.82. The third-order valence-electron chi connectivity index (χ3n) is 4.82. The summed E-state index contributed by atoms with van der Waals surface area (Å²) in [5.74, 6) is 1.65. The summed E-state index contributed by atoms with van der Waals surface area (Å²) in [6.45, 7) is 1.93. The average molecular weight is 291 g/mol. The highest BCUT2D eigenvalue weighted by molar-refractivity contribution is 5.81. The normalized spacial score (nSPS) is 28.4. The molecule has 2 aliphatic carbocycles. The lowest BCUT2D eigenvalue weighted by atomic mass is 9.95. The molecule has 2 bridgehead atoms. The average Bonchev–Trinajstić information content (AvgIpc) is 3.09. The van der Waals surface area contributed by atoms with Crippen molar-refractivity contribution in [3.05, 3.63) is 30.1 Å². The van der Waals surface area contributed by atoms with Crippen molar-refractivity contribution in [2.75, 3.05) is 0 Å². The Balaban J connectivity index is 1.57. The van der Waals surface area contributed by atoms with E-state index in [4.69, 9.17) is 4.74 Å². The van der Waals surface area contributed by atoms with Gasteiger partial charge in [0.15, 0.2) is 6.10 Å². The summed E-state index contributed by atoms with van der Waals surface area (Å²) < 4.78 is 18.6. The van der Waals surface area contributed by atoms with E-state index in [1.54, 1.807) is 12.1 Å². The van der Waals surface area contributed by atoms with Crippen molar-refractivity contribution in [3.8, 4) is 5.75 Å². The standard InChI is InChI=1S/C17H22FNO2/c1-2-16(21-14-7-5-13(18)6-8-14)17(20)19-15-10-11-3-4-12(15)9-11/h5-8,11-12,15-16H,2-4,9-10H2,1H3,(H,19,20)/t11-,12-,15+,16+/m1/s1. The second-order valence-corrected chi connectivity index (χ2v) is 6.26. The van der Waals surface area contributed by atoms with Gasteiger partial charge in [-0.3, -0.25) is 4.79 Å². The van der Waals surface area contributed by atoms with E-state index in [0.29, 0.717) is 24.1 Å². The van der Waals surface area contributed by atoms with E-state index in [1.807, 2.05) is 6.92 Å². The van der Waals surface area contributed by atoms with Crippen molar-refractivity contribution in [2.24, 2.45) is 11.8 Å². The van der Waals surface area contributed by atoms with Crippen LogP contribution in [0.4, 0.5) is 4.39 Å². The maximum absolute atomic E-state index is 12.9. The van der Waals surface area contributed by atoms with Gasteiger partial charge in [0.1, 0.15) is 11.6 Å². The molecule has 4 heteroatoms. The Morgan fingerprint density at radius 1 is 1.33 bits per heavy atom. The summed E-state index contributed by atoms with van der Waals surface area (Å²) >= 11 is 0. The maximum atomic E-state index is 12.9. The fourth-order valence-corrected chi connectivity index (χ4v) is 3.70. The summed E-state index contributed by atoms with van der Waals surface area (Å²) in [5.41, 5.74) is 0. The Bertz CT molecular complexity index is 502. The molecule has 0 radical (unpaired) electrons. The Labute approximate surface area is 124 Å². The topological polar surface area (TPSA) is 38.3 Å². The van der Waals surface area contributed by atoms with Crippen LogP contribution in [-0.4, -0.2) is 18.1 Å². The van der Waals surface area contributed by atoms with Crippen molar-refractivity contribution in [1.82, 2.24) is 5.32 Å². The molecule has 21 heavy (non-hydrogen) atoms. The van der Waals surface area contributed by atoms with E-state index in [2.05, 4.69) is 5.32 Å². The number of benzene rings is 1. The zero-order valence-corrected chi connectivity index (χ0v) is 12.3. The summed E-state index contributed by atoms with van der Waals surface area (Å²) in [6, 6.07) is 6.12. The van der Waals surface area contributed by atoms with E-state index in [9.17, 15) is 9.18 Å². The van der Waals surface area contributed by atoms with Gasteiger partial charge in [-0.25, -0.2) is 4.39 Å². The lowest BCUT2D eigenvalue weighted by Crippen LogP contribution is -2.45. The van der Waals surface area contributed by atoms with Gasteiger partial charge in [0, 0.05) is 6.04 Å². The molecule has 2 saturated carbocycles. The summed E-state index contributed by atoms with van der Waals surface area (Å²) in [4.78, 5) is 12.4. The monoisotopic (exact) mass is 291 g/mol. The van der Waals surface area contributed by atoms with Crippen LogP contribution in [0.3, 0.4) is 0 Å². The van der Waals surface area contributed by atoms with Crippen LogP contribution in [0.15, 0.2) is 24.3 Å². The van der Waals surface area contributed by atoms with E-state index < -0.39 is 6.10 Å². The number of halogens is 1. The van der Waals surface area contributed by atoms with E-state index in [-0.39, 0.29) is 11.7 Å². The molecular weight excluding hydrogens is 269 g/mol. The highest BCUT2D eigenvalue weighted by atomic mass is 19.1. The first-order valence-electron chi connectivity index (χ1n) is 7.88. The maximum Gasteiger partial charge on any atom is 0.261 e. The van der Waals surface area contributed by atoms with Gasteiger partial charge in [-0.1, -0.05) is 13.3 Å². The summed E-state index contributed by atoms with van der Waals surface area (Å²) in [6.07, 6.45) is 5.04. The van der Waals surface area contributed by atoms with Crippen molar-refractivity contribution in [1.29, 1.82) is 0 Å². The van der Waals surface area contributed by atoms with Crippen molar-refractivity contribution in [2.45, 2.75) is 51.2 Å². The first-order valence-corrected chi connectivity index (χ1v) is 7.88. The van der Waals surface area contributed by atoms with Crippen LogP contribution in [0.25, 0.3) is 0 Å². The molecule has 4 atom stereocenters. The van der Waals surface area contributed by atoms with Gasteiger partial charge >= 0.3 is 0 Å². The van der Waals surface area contributed by atoms with Gasteiger partial charge < -0.3 is 10.1 Å². The molecule has 1 aromatic carbocycles. The SMILES string of the molecule is CC[C@H](Oc1ccc(F)cc1)C(=O)N[C@H]1C[C@@H]2CC[C@@H]1C2. The van der Waals surface area contributed by atoms with Gasteiger partial charge in [-0.05, 0) is 61.8 Å². The molecule has 2 fully saturated rings. The smallest absolute Gasteiger partial charge is 0.261 e. The summed E-state index contributed by atoms with van der Waals surface area (Å²) in [5, 5.41) is 3.15. The number of hydrogen-bond donors (Lipinski definition) is 1. The Kier molecular flexibility index (Phi) is 4.13. The molecule has 0 spiro atoms. The minimum atomic E-state index is -0.505. The molecule has 0 aromatic heterocycles. The molecule has 0 heterocycles. The fraction of sp³-hybridized carbons (Fsp3) is 0.588. The van der Waals surface area contributed by atoms with Crippen LogP contribution in [0.1, 0.15) is 39.0 Å². The van der Waals surface area contributed by atoms with Gasteiger partial charge in [-0.15, -0.1) is 0 Å². The van der Waals surface area contributed by atoms with Crippen LogP contribution in [0, 0.1) is 17.7 Å². The Morgan fingerprint density at radius 3 is 2.67 bits per heavy atom. The number of fused-ring (bicyclic) bond motifs is 2. The summed E-state index contributed by atoms with van der Waals surface area (Å²) in [7, 11) is 0. The van der Waals surface area contributed by atoms with Gasteiger partial charge in [0.25, 0.3) is 5.91 Å². The molecule has 3 nitrogen and oxygen atoms in total. The number of nitrogens with one attached hydrogen (secondary N) is 1. The van der Waals surface area contributed by atoms with Gasteiger partial charge in [-0.2, -0.15) is 0 Å². The van der Waals surface area contributed by atoms with Gasteiger partial charge in [0.2, 0.25) is 0 Å². The molecule has 0 aliphatic heterocycles. The van der Waals surface area contributed by atoms with Crippen molar-refractivity contribution >= 4 is 5.91 Å². The minimum absolute atomic E-state index is 0.0422. The largest absolute Gasteiger partial charge is 0.481 e. The number of carbonyl (C=O) groups is 1. The van der Waals surface area contributed by atoms with Crippen LogP contribution >= 0.6 is 0 Å². The molecule has 1 amide bonds. The first kappa shape index (κ1) is 14.4. The van der Waals surface area contributed by atoms with Crippen LogP contribution in [0.2, 0.25) is 0 Å². The van der Waals surface area contributed by atoms with Gasteiger partial charge in [0.05, 0.1) is 0 Å². The van der Waals surface area contributed by atoms with Crippen molar-refractivity contribution in [3.63, 3.8) is 0 Å². The number of hydrogen-bond acceptors (Lipinski definition) is 2.